The van der Waals surface area contributed by atoms with Crippen molar-refractivity contribution in [1.29, 1.82) is 0 Å². The van der Waals surface area contributed by atoms with Crippen molar-refractivity contribution in [3.8, 4) is 0 Å². The molecule has 2 aromatic rings. The van der Waals surface area contributed by atoms with E-state index in [1.807, 2.05) is 6.07 Å². The van der Waals surface area contributed by atoms with Gasteiger partial charge in [0.1, 0.15) is 0 Å². The van der Waals surface area contributed by atoms with Gasteiger partial charge in [0.2, 0.25) is 0 Å². The van der Waals surface area contributed by atoms with Crippen LogP contribution in [0.3, 0.4) is 0 Å². The first kappa shape index (κ1) is 12.8. The molecule has 0 saturated carbocycles. The van der Waals surface area contributed by atoms with Crippen molar-refractivity contribution < 1.29 is 4.79 Å². The number of hydrogen-bond donors (Lipinski definition) is 2. The van der Waals surface area contributed by atoms with E-state index in [-0.39, 0.29) is 5.91 Å². The Hall–Kier alpha value is -2.69. The Morgan fingerprint density at radius 3 is 2.42 bits per heavy atom. The topological polar surface area (TPSA) is 79.8 Å². The minimum Gasteiger partial charge on any atom is -0.399 e. The lowest BCUT2D eigenvalue weighted by molar-refractivity contribution is 0.0964. The van der Waals surface area contributed by atoms with E-state index in [4.69, 9.17) is 5.73 Å². The van der Waals surface area contributed by atoms with Gasteiger partial charge in [0, 0.05) is 12.7 Å². The van der Waals surface area contributed by atoms with Crippen molar-refractivity contribution in [1.82, 2.24) is 5.32 Å². The normalized spacial score (nSPS) is 10.6. The maximum absolute atomic E-state index is 11.7. The number of nitrogens with one attached hydrogen (secondary N) is 1. The summed E-state index contributed by atoms with van der Waals surface area (Å²) in [6.07, 6.45) is 0. The molecule has 0 aliphatic rings. The largest absolute Gasteiger partial charge is 0.399 e. The third-order valence-electron chi connectivity index (χ3n) is 2.54. The summed E-state index contributed by atoms with van der Waals surface area (Å²) in [4.78, 5) is 11.7. The molecular formula is C14H14N4O. The second kappa shape index (κ2) is 5.77. The molecule has 1 amide bonds. The summed E-state index contributed by atoms with van der Waals surface area (Å²) in [7, 11) is 1.58. The van der Waals surface area contributed by atoms with E-state index in [9.17, 15) is 4.79 Å². The van der Waals surface area contributed by atoms with Gasteiger partial charge in [-0.2, -0.15) is 5.11 Å². The number of carbonyl (C=O) groups is 1. The molecule has 0 aliphatic carbocycles. The number of hydrogen-bond acceptors (Lipinski definition) is 4. The van der Waals surface area contributed by atoms with Gasteiger partial charge in [0.15, 0.2) is 0 Å². The van der Waals surface area contributed by atoms with Crippen molar-refractivity contribution in [2.45, 2.75) is 0 Å². The standard InChI is InChI=1S/C14H14N4O/c1-16-14(19)12-4-2-3-5-13(12)18-17-11-8-6-10(15)7-9-11/h2-9H,15H2,1H3,(H,16,19). The Kier molecular flexibility index (Phi) is 3.87. The lowest BCUT2D eigenvalue weighted by Crippen LogP contribution is -2.17. The molecule has 96 valence electrons. The molecule has 2 aromatic carbocycles. The lowest BCUT2D eigenvalue weighted by atomic mass is 10.2. The molecule has 0 heterocycles. The zero-order valence-electron chi connectivity index (χ0n) is 10.5. The van der Waals surface area contributed by atoms with Crippen LogP contribution in [0.1, 0.15) is 10.4 Å². The Bertz CT molecular complexity index is 605. The van der Waals surface area contributed by atoms with Gasteiger partial charge < -0.3 is 11.1 Å². The van der Waals surface area contributed by atoms with Gasteiger partial charge in [0.25, 0.3) is 5.91 Å². The van der Waals surface area contributed by atoms with Crippen LogP contribution in [0, 0.1) is 0 Å². The van der Waals surface area contributed by atoms with Crippen LogP contribution in [0.25, 0.3) is 0 Å². The van der Waals surface area contributed by atoms with Crippen molar-refractivity contribution in [3.05, 3.63) is 54.1 Å². The fourth-order valence-electron chi connectivity index (χ4n) is 1.54. The first-order chi connectivity index (χ1) is 9.20. The predicted molar refractivity (Wildman–Crippen MR) is 74.9 cm³/mol. The maximum Gasteiger partial charge on any atom is 0.253 e. The Morgan fingerprint density at radius 1 is 1.05 bits per heavy atom. The number of carbonyl (C=O) groups excluding carboxylic acids is 1. The minimum absolute atomic E-state index is 0.188. The van der Waals surface area contributed by atoms with Crippen LogP contribution in [0.2, 0.25) is 0 Å². The third-order valence-corrected chi connectivity index (χ3v) is 2.54. The number of nitrogen functional groups attached to an aromatic ring is 1. The van der Waals surface area contributed by atoms with Crippen LogP contribution in [0.4, 0.5) is 17.1 Å². The number of anilines is 1. The summed E-state index contributed by atoms with van der Waals surface area (Å²) < 4.78 is 0. The molecule has 2 rings (SSSR count). The fourth-order valence-corrected chi connectivity index (χ4v) is 1.54. The number of nitrogens with two attached hydrogens (primary N) is 1. The van der Waals surface area contributed by atoms with Gasteiger partial charge >= 0.3 is 0 Å². The van der Waals surface area contributed by atoms with Crippen LogP contribution in [0.15, 0.2) is 58.8 Å². The van der Waals surface area contributed by atoms with Crippen LogP contribution in [-0.2, 0) is 0 Å². The van der Waals surface area contributed by atoms with Crippen molar-refractivity contribution in [2.24, 2.45) is 10.2 Å². The highest BCUT2D eigenvalue weighted by Crippen LogP contribution is 2.22. The highest BCUT2D eigenvalue weighted by molar-refractivity contribution is 5.98. The molecule has 3 N–H and O–H groups in total. The Balaban J connectivity index is 2.28. The van der Waals surface area contributed by atoms with E-state index in [0.29, 0.717) is 22.6 Å². The van der Waals surface area contributed by atoms with Crippen LogP contribution >= 0.6 is 0 Å². The van der Waals surface area contributed by atoms with E-state index in [2.05, 4.69) is 15.5 Å². The van der Waals surface area contributed by atoms with E-state index < -0.39 is 0 Å². The van der Waals surface area contributed by atoms with E-state index in [0.717, 1.165) is 0 Å². The SMILES string of the molecule is CNC(=O)c1ccccc1N=Nc1ccc(N)cc1. The third kappa shape index (κ3) is 3.16. The smallest absolute Gasteiger partial charge is 0.253 e. The molecular weight excluding hydrogens is 240 g/mol. The summed E-state index contributed by atoms with van der Waals surface area (Å²) in [5.41, 5.74) is 7.96. The Labute approximate surface area is 111 Å². The first-order valence-corrected chi connectivity index (χ1v) is 5.79. The van der Waals surface area contributed by atoms with Crippen LogP contribution < -0.4 is 11.1 Å². The van der Waals surface area contributed by atoms with Crippen molar-refractivity contribution >= 4 is 23.0 Å². The molecule has 5 nitrogen and oxygen atoms in total. The summed E-state index contributed by atoms with van der Waals surface area (Å²) in [5.74, 6) is -0.188. The summed E-state index contributed by atoms with van der Waals surface area (Å²) in [6.45, 7) is 0. The van der Waals surface area contributed by atoms with Gasteiger partial charge in [-0.25, -0.2) is 0 Å². The zero-order chi connectivity index (χ0) is 13.7. The Morgan fingerprint density at radius 2 is 1.74 bits per heavy atom. The number of benzene rings is 2. The van der Waals surface area contributed by atoms with Crippen molar-refractivity contribution in [3.63, 3.8) is 0 Å². The molecule has 0 aromatic heterocycles. The maximum atomic E-state index is 11.7. The first-order valence-electron chi connectivity index (χ1n) is 5.79. The molecule has 0 saturated heterocycles. The lowest BCUT2D eigenvalue weighted by Gasteiger charge is -2.02. The van der Waals surface area contributed by atoms with Gasteiger partial charge in [0.05, 0.1) is 16.9 Å². The molecule has 0 fully saturated rings. The van der Waals surface area contributed by atoms with Gasteiger partial charge in [-0.1, -0.05) is 12.1 Å². The van der Waals surface area contributed by atoms with Crippen LogP contribution in [0.5, 0.6) is 0 Å². The molecule has 19 heavy (non-hydrogen) atoms. The van der Waals surface area contributed by atoms with Crippen LogP contribution in [-0.4, -0.2) is 13.0 Å². The van der Waals surface area contributed by atoms with Crippen molar-refractivity contribution in [2.75, 3.05) is 12.8 Å². The van der Waals surface area contributed by atoms with Gasteiger partial charge in [-0.05, 0) is 36.4 Å². The predicted octanol–water partition coefficient (Wildman–Crippen LogP) is 3.04. The van der Waals surface area contributed by atoms with Gasteiger partial charge in [-0.3, -0.25) is 4.79 Å². The zero-order valence-corrected chi connectivity index (χ0v) is 10.5. The number of azo groups is 1. The molecule has 0 spiro atoms. The quantitative estimate of drug-likeness (QED) is 0.652. The molecule has 0 radical (unpaired) electrons. The molecule has 5 heteroatoms. The number of amides is 1. The highest BCUT2D eigenvalue weighted by Gasteiger charge is 2.07. The number of rotatable bonds is 3. The monoisotopic (exact) mass is 254 g/mol. The molecule has 0 bridgehead atoms. The molecule has 0 aliphatic heterocycles. The van der Waals surface area contributed by atoms with E-state index in [1.54, 1.807) is 49.5 Å². The second-order valence-electron chi connectivity index (χ2n) is 3.89. The average molecular weight is 254 g/mol. The minimum atomic E-state index is -0.188. The average Bonchev–Trinajstić information content (AvgIpc) is 2.46. The van der Waals surface area contributed by atoms with E-state index in [1.165, 1.54) is 0 Å². The fraction of sp³-hybridized carbons (Fsp3) is 0.0714. The number of nitrogens with zero attached hydrogens (tertiary/aromatic N) is 2. The molecule has 0 atom stereocenters. The summed E-state index contributed by atoms with van der Waals surface area (Å²) in [6, 6.07) is 14.1. The second-order valence-corrected chi connectivity index (χ2v) is 3.89. The summed E-state index contributed by atoms with van der Waals surface area (Å²) >= 11 is 0. The summed E-state index contributed by atoms with van der Waals surface area (Å²) in [5, 5.41) is 10.8. The van der Waals surface area contributed by atoms with Gasteiger partial charge in [-0.15, -0.1) is 5.11 Å². The van der Waals surface area contributed by atoms with E-state index >= 15 is 0 Å². The molecule has 0 unspecified atom stereocenters. The highest BCUT2D eigenvalue weighted by atomic mass is 16.1.